The van der Waals surface area contributed by atoms with Crippen molar-refractivity contribution in [2.45, 2.75) is 45.4 Å². The number of methoxy groups -OCH3 is 2. The standard InChI is InChI=1S/C28H39NO4S/c1-4-34(30,31)29(23-11-7-5-9-13-25-15-19-27(32-2)20-16-25)24-12-8-6-10-14-26-17-21-28(33-3)22-18-26/h5-6,9-10,15-22H,4,7-8,11-14,23-24H2,1-3H3. The normalized spacial score (nSPS) is 12.1. The monoisotopic (exact) mass is 485 g/mol. The second kappa shape index (κ2) is 15.4. The van der Waals surface area contributed by atoms with Crippen molar-refractivity contribution in [3.63, 3.8) is 0 Å². The number of unbranched alkanes of at least 4 members (excludes halogenated alkanes) is 2. The fourth-order valence-electron chi connectivity index (χ4n) is 3.54. The van der Waals surface area contributed by atoms with Gasteiger partial charge in [0.05, 0.1) is 20.0 Å². The summed E-state index contributed by atoms with van der Waals surface area (Å²) in [5, 5.41) is 0. The van der Waals surface area contributed by atoms with E-state index in [2.05, 4.69) is 48.6 Å². The van der Waals surface area contributed by atoms with Gasteiger partial charge >= 0.3 is 0 Å². The summed E-state index contributed by atoms with van der Waals surface area (Å²) in [6, 6.07) is 16.1. The molecule has 186 valence electrons. The summed E-state index contributed by atoms with van der Waals surface area (Å²) in [6.45, 7) is 2.85. The average molecular weight is 486 g/mol. The van der Waals surface area contributed by atoms with Crippen LogP contribution < -0.4 is 9.47 Å². The largest absolute Gasteiger partial charge is 0.497 e. The maximum atomic E-state index is 12.5. The van der Waals surface area contributed by atoms with Gasteiger partial charge in [-0.05, 0) is 80.8 Å². The molecule has 0 fully saturated rings. The number of allylic oxidation sites excluding steroid dienone is 4. The zero-order valence-electron chi connectivity index (χ0n) is 20.8. The van der Waals surface area contributed by atoms with E-state index < -0.39 is 10.0 Å². The van der Waals surface area contributed by atoms with E-state index in [1.807, 2.05) is 24.3 Å². The van der Waals surface area contributed by atoms with Crippen molar-refractivity contribution in [3.05, 3.63) is 84.0 Å². The highest BCUT2D eigenvalue weighted by Crippen LogP contribution is 2.13. The SMILES string of the molecule is CCS(=O)(=O)N(CCCC=CCc1ccc(OC)cc1)CCCC=CCc1ccc(OC)cc1. The number of hydrogen-bond acceptors (Lipinski definition) is 4. The molecule has 0 spiro atoms. The molecule has 34 heavy (non-hydrogen) atoms. The molecule has 2 rings (SSSR count). The molecule has 0 heterocycles. The molecular formula is C28H39NO4S. The Labute approximate surface area is 206 Å². The fourth-order valence-corrected chi connectivity index (χ4v) is 4.72. The topological polar surface area (TPSA) is 55.8 Å². The molecule has 0 radical (unpaired) electrons. The van der Waals surface area contributed by atoms with Crippen molar-refractivity contribution in [3.8, 4) is 11.5 Å². The summed E-state index contributed by atoms with van der Waals surface area (Å²) >= 11 is 0. The lowest BCUT2D eigenvalue weighted by Crippen LogP contribution is -2.34. The van der Waals surface area contributed by atoms with Crippen molar-refractivity contribution in [2.75, 3.05) is 33.1 Å². The molecule has 0 saturated heterocycles. The van der Waals surface area contributed by atoms with Gasteiger partial charge < -0.3 is 9.47 Å². The number of rotatable bonds is 16. The Balaban J connectivity index is 1.70. The minimum Gasteiger partial charge on any atom is -0.497 e. The first kappa shape index (κ1) is 27.7. The Kier molecular flexibility index (Phi) is 12.5. The van der Waals surface area contributed by atoms with E-state index >= 15 is 0 Å². The van der Waals surface area contributed by atoms with Crippen molar-refractivity contribution >= 4 is 10.0 Å². The van der Waals surface area contributed by atoms with E-state index in [-0.39, 0.29) is 5.75 Å². The average Bonchev–Trinajstić information content (AvgIpc) is 2.87. The van der Waals surface area contributed by atoms with E-state index in [0.29, 0.717) is 13.1 Å². The van der Waals surface area contributed by atoms with E-state index in [0.717, 1.165) is 50.0 Å². The molecule has 0 aliphatic heterocycles. The third-order valence-corrected chi connectivity index (χ3v) is 7.55. The minimum absolute atomic E-state index is 0.146. The van der Waals surface area contributed by atoms with Gasteiger partial charge in [0, 0.05) is 13.1 Å². The summed E-state index contributed by atoms with van der Waals surface area (Å²) < 4.78 is 37.0. The van der Waals surface area contributed by atoms with Crippen molar-refractivity contribution in [1.29, 1.82) is 0 Å². The van der Waals surface area contributed by atoms with Crippen molar-refractivity contribution in [1.82, 2.24) is 4.31 Å². The molecule has 2 aromatic carbocycles. The van der Waals surface area contributed by atoms with Crippen LogP contribution in [0.15, 0.2) is 72.8 Å². The fraction of sp³-hybridized carbons (Fsp3) is 0.429. The summed E-state index contributed by atoms with van der Waals surface area (Å²) in [7, 11) is 0.145. The molecule has 0 aliphatic carbocycles. The number of benzene rings is 2. The maximum Gasteiger partial charge on any atom is 0.213 e. The molecule has 6 heteroatoms. The van der Waals surface area contributed by atoms with E-state index in [1.54, 1.807) is 25.4 Å². The van der Waals surface area contributed by atoms with Gasteiger partial charge in [-0.3, -0.25) is 0 Å². The van der Waals surface area contributed by atoms with Gasteiger partial charge in [0.2, 0.25) is 10.0 Å². The first-order chi connectivity index (χ1) is 16.5. The highest BCUT2D eigenvalue weighted by atomic mass is 32.2. The lowest BCUT2D eigenvalue weighted by Gasteiger charge is -2.20. The molecule has 0 aromatic heterocycles. The van der Waals surface area contributed by atoms with Crippen LogP contribution in [0.25, 0.3) is 0 Å². The zero-order chi connectivity index (χ0) is 24.7. The third-order valence-electron chi connectivity index (χ3n) is 5.67. The Hall–Kier alpha value is -2.57. The summed E-state index contributed by atoms with van der Waals surface area (Å²) in [5.41, 5.74) is 2.46. The Morgan fingerprint density at radius 1 is 0.706 bits per heavy atom. The number of ether oxygens (including phenoxy) is 2. The zero-order valence-corrected chi connectivity index (χ0v) is 21.6. The van der Waals surface area contributed by atoms with Crippen molar-refractivity contribution < 1.29 is 17.9 Å². The smallest absolute Gasteiger partial charge is 0.213 e. The third kappa shape index (κ3) is 10.1. The predicted octanol–water partition coefficient (Wildman–Crippen LogP) is 5.81. The lowest BCUT2D eigenvalue weighted by atomic mass is 10.1. The van der Waals surface area contributed by atoms with Crippen LogP contribution in [-0.4, -0.2) is 45.8 Å². The van der Waals surface area contributed by atoms with Gasteiger partial charge in [-0.2, -0.15) is 0 Å². The first-order valence-corrected chi connectivity index (χ1v) is 13.6. The van der Waals surface area contributed by atoms with Crippen LogP contribution in [0.3, 0.4) is 0 Å². The molecule has 5 nitrogen and oxygen atoms in total. The lowest BCUT2D eigenvalue weighted by molar-refractivity contribution is 0.401. The molecular weight excluding hydrogens is 446 g/mol. The van der Waals surface area contributed by atoms with Crippen LogP contribution >= 0.6 is 0 Å². The molecule has 0 atom stereocenters. The van der Waals surface area contributed by atoms with Crippen LogP contribution in [-0.2, 0) is 22.9 Å². The number of sulfonamides is 1. The van der Waals surface area contributed by atoms with E-state index in [1.165, 1.54) is 11.1 Å². The first-order valence-electron chi connectivity index (χ1n) is 12.0. The Bertz CT molecular complexity index is 915. The maximum absolute atomic E-state index is 12.5. The number of hydrogen-bond donors (Lipinski definition) is 0. The van der Waals surface area contributed by atoms with Gasteiger partial charge in [-0.15, -0.1) is 0 Å². The van der Waals surface area contributed by atoms with Crippen LogP contribution in [0.1, 0.15) is 43.7 Å². The highest BCUT2D eigenvalue weighted by Gasteiger charge is 2.18. The van der Waals surface area contributed by atoms with E-state index in [4.69, 9.17) is 9.47 Å². The molecule has 2 aromatic rings. The second-order valence-corrected chi connectivity index (χ2v) is 10.4. The van der Waals surface area contributed by atoms with Gasteiger partial charge in [0.15, 0.2) is 0 Å². The molecule has 0 aliphatic rings. The summed E-state index contributed by atoms with van der Waals surface area (Å²) in [6.07, 6.45) is 13.7. The van der Waals surface area contributed by atoms with Crippen LogP contribution in [0.2, 0.25) is 0 Å². The van der Waals surface area contributed by atoms with Crippen molar-refractivity contribution in [2.24, 2.45) is 0 Å². The predicted molar refractivity (Wildman–Crippen MR) is 141 cm³/mol. The van der Waals surface area contributed by atoms with Gasteiger partial charge in [-0.1, -0.05) is 48.6 Å². The van der Waals surface area contributed by atoms with Gasteiger partial charge in [0.25, 0.3) is 0 Å². The summed E-state index contributed by atoms with van der Waals surface area (Å²) in [4.78, 5) is 0. The molecule has 0 N–H and O–H groups in total. The molecule has 0 unspecified atom stereocenters. The van der Waals surface area contributed by atoms with Crippen LogP contribution in [0.4, 0.5) is 0 Å². The quantitative estimate of drug-likeness (QED) is 0.222. The summed E-state index contributed by atoms with van der Waals surface area (Å²) in [5.74, 6) is 1.86. The minimum atomic E-state index is -3.18. The number of nitrogens with zero attached hydrogens (tertiary/aromatic N) is 1. The highest BCUT2D eigenvalue weighted by molar-refractivity contribution is 7.89. The molecule has 0 amide bonds. The Morgan fingerprint density at radius 2 is 1.12 bits per heavy atom. The van der Waals surface area contributed by atoms with Crippen LogP contribution in [0.5, 0.6) is 11.5 Å². The van der Waals surface area contributed by atoms with Gasteiger partial charge in [-0.25, -0.2) is 12.7 Å². The Morgan fingerprint density at radius 3 is 1.47 bits per heavy atom. The van der Waals surface area contributed by atoms with Crippen LogP contribution in [0, 0.1) is 0 Å². The van der Waals surface area contributed by atoms with E-state index in [9.17, 15) is 8.42 Å². The van der Waals surface area contributed by atoms with Gasteiger partial charge in [0.1, 0.15) is 11.5 Å². The molecule has 0 bridgehead atoms. The molecule has 0 saturated carbocycles. The second-order valence-electron chi connectivity index (χ2n) is 8.13.